The first kappa shape index (κ1) is 17.3. The lowest BCUT2D eigenvalue weighted by Crippen LogP contribution is -2.39. The number of para-hydroxylation sites is 1. The van der Waals surface area contributed by atoms with Crippen molar-refractivity contribution in [3.05, 3.63) is 35.6 Å². The van der Waals surface area contributed by atoms with Gasteiger partial charge in [0, 0.05) is 30.3 Å². The smallest absolute Gasteiger partial charge is 0.191 e. The molecule has 2 N–H and O–H groups in total. The first-order chi connectivity index (χ1) is 10.9. The van der Waals surface area contributed by atoms with Gasteiger partial charge in [-0.05, 0) is 19.9 Å². The van der Waals surface area contributed by atoms with Crippen LogP contribution in [0, 0.1) is 6.92 Å². The lowest BCUT2D eigenvalue weighted by molar-refractivity contribution is 0.548. The second kappa shape index (κ2) is 7.50. The summed E-state index contributed by atoms with van der Waals surface area (Å²) in [6.07, 6.45) is 1.22. The summed E-state index contributed by atoms with van der Waals surface area (Å²) in [7, 11) is -2.99. The molecule has 1 aromatic carbocycles. The number of guanidine groups is 1. The van der Waals surface area contributed by atoms with Crippen molar-refractivity contribution in [2.45, 2.75) is 20.4 Å². The molecule has 0 aliphatic heterocycles. The molecule has 0 atom stereocenters. The van der Waals surface area contributed by atoms with E-state index in [9.17, 15) is 8.42 Å². The number of hydrogen-bond donors (Lipinski definition) is 2. The fourth-order valence-corrected chi connectivity index (χ4v) is 2.70. The molecule has 0 saturated heterocycles. The van der Waals surface area contributed by atoms with Crippen LogP contribution < -0.4 is 10.6 Å². The van der Waals surface area contributed by atoms with Crippen LogP contribution >= 0.6 is 0 Å². The van der Waals surface area contributed by atoms with Gasteiger partial charge >= 0.3 is 0 Å². The Morgan fingerprint density at radius 3 is 2.65 bits per heavy atom. The largest absolute Gasteiger partial charge is 0.459 e. The third-order valence-electron chi connectivity index (χ3n) is 3.43. The predicted molar refractivity (Wildman–Crippen MR) is 93.5 cm³/mol. The van der Waals surface area contributed by atoms with E-state index in [0.717, 1.165) is 22.3 Å². The van der Waals surface area contributed by atoms with Crippen molar-refractivity contribution in [3.8, 4) is 0 Å². The number of hydrogen-bond acceptors (Lipinski definition) is 4. The molecule has 0 spiro atoms. The monoisotopic (exact) mass is 337 g/mol. The summed E-state index contributed by atoms with van der Waals surface area (Å²) < 4.78 is 28.2. The molecule has 0 unspecified atom stereocenters. The summed E-state index contributed by atoms with van der Waals surface area (Å²) in [5.41, 5.74) is 1.93. The van der Waals surface area contributed by atoms with Crippen LogP contribution in [0.3, 0.4) is 0 Å². The minimum atomic E-state index is -2.99. The van der Waals surface area contributed by atoms with Crippen molar-refractivity contribution >= 4 is 26.8 Å². The van der Waals surface area contributed by atoms with Crippen molar-refractivity contribution < 1.29 is 12.8 Å². The second-order valence-corrected chi connectivity index (χ2v) is 7.66. The van der Waals surface area contributed by atoms with Gasteiger partial charge in [-0.2, -0.15) is 0 Å². The number of aryl methyl sites for hydroxylation is 1. The van der Waals surface area contributed by atoms with E-state index in [-0.39, 0.29) is 5.75 Å². The summed E-state index contributed by atoms with van der Waals surface area (Å²) in [4.78, 5) is 4.47. The summed E-state index contributed by atoms with van der Waals surface area (Å²) in [5, 5.41) is 7.20. The number of fused-ring (bicyclic) bond motifs is 1. The van der Waals surface area contributed by atoms with Crippen LogP contribution in [0.25, 0.3) is 11.0 Å². The Morgan fingerprint density at radius 1 is 1.26 bits per heavy atom. The lowest BCUT2D eigenvalue weighted by atomic mass is 10.1. The van der Waals surface area contributed by atoms with E-state index in [1.165, 1.54) is 6.26 Å². The van der Waals surface area contributed by atoms with Gasteiger partial charge in [-0.3, -0.25) is 0 Å². The Hall–Kier alpha value is -2.02. The molecule has 0 aliphatic rings. The van der Waals surface area contributed by atoms with E-state index in [0.29, 0.717) is 25.6 Å². The van der Waals surface area contributed by atoms with Crippen molar-refractivity contribution in [3.63, 3.8) is 0 Å². The third-order valence-corrected chi connectivity index (χ3v) is 4.38. The van der Waals surface area contributed by atoms with Gasteiger partial charge in [0.05, 0.1) is 5.75 Å². The number of sulfone groups is 1. The van der Waals surface area contributed by atoms with Gasteiger partial charge in [-0.25, -0.2) is 13.4 Å². The van der Waals surface area contributed by atoms with Crippen LogP contribution in [0.5, 0.6) is 0 Å². The number of rotatable bonds is 6. The summed E-state index contributed by atoms with van der Waals surface area (Å²) in [6.45, 7) is 5.39. The van der Waals surface area contributed by atoms with Crippen molar-refractivity contribution in [1.82, 2.24) is 10.6 Å². The normalized spacial score (nSPS) is 12.6. The Balaban J connectivity index is 2.08. The zero-order valence-electron chi connectivity index (χ0n) is 13.7. The number of benzene rings is 1. The third kappa shape index (κ3) is 4.99. The quantitative estimate of drug-likeness (QED) is 0.621. The molecular weight excluding hydrogens is 314 g/mol. The second-order valence-electron chi connectivity index (χ2n) is 5.40. The molecule has 1 aromatic heterocycles. The molecule has 2 rings (SSSR count). The fraction of sp³-hybridized carbons (Fsp3) is 0.438. The van der Waals surface area contributed by atoms with E-state index >= 15 is 0 Å². The summed E-state index contributed by atoms with van der Waals surface area (Å²) in [5.74, 6) is 1.46. The molecule has 23 heavy (non-hydrogen) atoms. The summed E-state index contributed by atoms with van der Waals surface area (Å²) in [6, 6.07) is 7.88. The topological polar surface area (TPSA) is 83.7 Å². The molecular formula is C16H23N3O3S. The highest BCUT2D eigenvalue weighted by Gasteiger charge is 2.10. The molecule has 2 aromatic rings. The maximum atomic E-state index is 11.2. The van der Waals surface area contributed by atoms with E-state index in [1.54, 1.807) is 0 Å². The van der Waals surface area contributed by atoms with Crippen LogP contribution in [0.15, 0.2) is 33.7 Å². The molecule has 0 saturated carbocycles. The summed E-state index contributed by atoms with van der Waals surface area (Å²) >= 11 is 0. The van der Waals surface area contributed by atoms with Crippen LogP contribution in [0.1, 0.15) is 18.2 Å². The van der Waals surface area contributed by atoms with Gasteiger partial charge < -0.3 is 15.1 Å². The van der Waals surface area contributed by atoms with E-state index < -0.39 is 9.84 Å². The molecule has 0 amide bonds. The van der Waals surface area contributed by atoms with Crippen LogP contribution in [-0.2, 0) is 16.4 Å². The number of furan rings is 1. The maximum Gasteiger partial charge on any atom is 0.191 e. The first-order valence-corrected chi connectivity index (χ1v) is 9.63. The van der Waals surface area contributed by atoms with Gasteiger partial charge in [-0.15, -0.1) is 0 Å². The zero-order chi connectivity index (χ0) is 16.9. The Labute approximate surface area is 136 Å². The van der Waals surface area contributed by atoms with Crippen molar-refractivity contribution in [2.24, 2.45) is 4.99 Å². The molecule has 126 valence electrons. The van der Waals surface area contributed by atoms with Crippen LogP contribution in [0.4, 0.5) is 0 Å². The average Bonchev–Trinajstić information content (AvgIpc) is 2.80. The van der Waals surface area contributed by atoms with E-state index in [4.69, 9.17) is 4.42 Å². The Bertz CT molecular complexity index is 794. The van der Waals surface area contributed by atoms with E-state index in [1.807, 2.05) is 38.1 Å². The SMILES string of the molecule is CCNC(=NCc1oc2ccccc2c1C)NCCS(C)(=O)=O. The molecule has 0 fully saturated rings. The van der Waals surface area contributed by atoms with Crippen LogP contribution in [0.2, 0.25) is 0 Å². The highest BCUT2D eigenvalue weighted by Crippen LogP contribution is 2.25. The molecule has 1 heterocycles. The van der Waals surface area contributed by atoms with Gasteiger partial charge in [0.15, 0.2) is 5.96 Å². The minimum Gasteiger partial charge on any atom is -0.459 e. The van der Waals surface area contributed by atoms with E-state index in [2.05, 4.69) is 15.6 Å². The number of nitrogens with one attached hydrogen (secondary N) is 2. The highest BCUT2D eigenvalue weighted by molar-refractivity contribution is 7.90. The standard InChI is InChI=1S/C16H23N3O3S/c1-4-17-16(18-9-10-23(3,20)21)19-11-15-12(2)13-7-5-6-8-14(13)22-15/h5-8H,4,9-11H2,1-3H3,(H2,17,18,19). The molecule has 0 radical (unpaired) electrons. The average molecular weight is 337 g/mol. The number of aliphatic imine (C=N–C) groups is 1. The molecule has 0 aliphatic carbocycles. The van der Waals surface area contributed by atoms with Gasteiger partial charge in [-0.1, -0.05) is 18.2 Å². The van der Waals surface area contributed by atoms with Crippen molar-refractivity contribution in [1.29, 1.82) is 0 Å². The van der Waals surface area contributed by atoms with Crippen LogP contribution in [-0.4, -0.2) is 39.5 Å². The first-order valence-electron chi connectivity index (χ1n) is 7.57. The Morgan fingerprint density at radius 2 is 2.00 bits per heavy atom. The molecule has 7 heteroatoms. The fourth-order valence-electron chi connectivity index (χ4n) is 2.22. The molecule has 6 nitrogen and oxygen atoms in total. The van der Waals surface area contributed by atoms with Crippen molar-refractivity contribution in [2.75, 3.05) is 25.1 Å². The minimum absolute atomic E-state index is 0.0705. The lowest BCUT2D eigenvalue weighted by Gasteiger charge is -2.10. The van der Waals surface area contributed by atoms with Gasteiger partial charge in [0.25, 0.3) is 0 Å². The number of nitrogens with zero attached hydrogens (tertiary/aromatic N) is 1. The Kier molecular flexibility index (Phi) is 5.65. The molecule has 0 bridgehead atoms. The predicted octanol–water partition coefficient (Wildman–Crippen LogP) is 1.84. The highest BCUT2D eigenvalue weighted by atomic mass is 32.2. The maximum absolute atomic E-state index is 11.2. The zero-order valence-corrected chi connectivity index (χ0v) is 14.5. The van der Waals surface area contributed by atoms with Gasteiger partial charge in [0.2, 0.25) is 0 Å². The van der Waals surface area contributed by atoms with Gasteiger partial charge in [0.1, 0.15) is 27.7 Å².